The van der Waals surface area contributed by atoms with Gasteiger partial charge in [0.15, 0.2) is 0 Å². The lowest BCUT2D eigenvalue weighted by molar-refractivity contribution is -0.124. The molecule has 0 unspecified atom stereocenters. The summed E-state index contributed by atoms with van der Waals surface area (Å²) in [6.45, 7) is 0.598. The third-order valence-electron chi connectivity index (χ3n) is 5.65. The van der Waals surface area contributed by atoms with Gasteiger partial charge in [-0.2, -0.15) is 0 Å². The number of rotatable bonds is 7. The fraction of sp³-hybridized carbons (Fsp3) is 0.179. The topological polar surface area (TPSA) is 54.0 Å². The van der Waals surface area contributed by atoms with Gasteiger partial charge in [-0.1, -0.05) is 42.5 Å². The standard InChI is InChI=1S/C28H29N3O3/c1-30(2)28(32)25-19-31(18-20-8-6-5-7-9-20)29-27(22-12-16-24(34-4)17-13-22)26(25)21-10-14-23(33-3)15-11-21/h5-17,19,29H,18H2,1-4H3. The van der Waals surface area contributed by atoms with E-state index in [2.05, 4.69) is 17.6 Å². The minimum absolute atomic E-state index is 0.0728. The van der Waals surface area contributed by atoms with Crippen LogP contribution >= 0.6 is 0 Å². The van der Waals surface area contributed by atoms with Crippen LogP contribution in [0.5, 0.6) is 11.5 Å². The number of carbonyl (C=O) groups excluding carboxylic acids is 1. The van der Waals surface area contributed by atoms with Crippen LogP contribution in [-0.2, 0) is 11.3 Å². The normalized spacial score (nSPS) is 13.2. The zero-order valence-electron chi connectivity index (χ0n) is 19.9. The van der Waals surface area contributed by atoms with Crippen LogP contribution in [0.3, 0.4) is 0 Å². The predicted octanol–water partition coefficient (Wildman–Crippen LogP) is 4.56. The van der Waals surface area contributed by atoms with Crippen molar-refractivity contribution >= 4 is 17.2 Å². The molecule has 0 saturated carbocycles. The largest absolute Gasteiger partial charge is 0.497 e. The van der Waals surface area contributed by atoms with Gasteiger partial charge in [0.2, 0.25) is 0 Å². The Morgan fingerprint density at radius 2 is 1.38 bits per heavy atom. The van der Waals surface area contributed by atoms with Crippen molar-refractivity contribution in [1.82, 2.24) is 15.3 Å². The summed E-state index contributed by atoms with van der Waals surface area (Å²) >= 11 is 0. The number of nitrogens with zero attached hydrogens (tertiary/aromatic N) is 2. The van der Waals surface area contributed by atoms with Crippen LogP contribution in [0.4, 0.5) is 0 Å². The summed E-state index contributed by atoms with van der Waals surface area (Å²) in [6, 6.07) is 25.7. The molecule has 0 saturated heterocycles. The molecule has 0 bridgehead atoms. The van der Waals surface area contributed by atoms with Crippen LogP contribution in [0.2, 0.25) is 0 Å². The van der Waals surface area contributed by atoms with Crippen molar-refractivity contribution in [3.63, 3.8) is 0 Å². The minimum Gasteiger partial charge on any atom is -0.497 e. The van der Waals surface area contributed by atoms with Gasteiger partial charge in [-0.25, -0.2) is 0 Å². The van der Waals surface area contributed by atoms with Crippen LogP contribution in [0.15, 0.2) is 90.6 Å². The second-order valence-corrected chi connectivity index (χ2v) is 8.17. The Bertz CT molecular complexity index is 1200. The molecule has 34 heavy (non-hydrogen) atoms. The molecule has 0 aromatic heterocycles. The number of methoxy groups -OCH3 is 2. The highest BCUT2D eigenvalue weighted by molar-refractivity contribution is 6.15. The van der Waals surface area contributed by atoms with Crippen molar-refractivity contribution in [1.29, 1.82) is 0 Å². The smallest absolute Gasteiger partial charge is 0.255 e. The number of nitrogens with one attached hydrogen (secondary N) is 1. The van der Waals surface area contributed by atoms with Gasteiger partial charge in [0.1, 0.15) is 11.5 Å². The van der Waals surface area contributed by atoms with Crippen molar-refractivity contribution in [2.24, 2.45) is 0 Å². The van der Waals surface area contributed by atoms with Gasteiger partial charge in [0.25, 0.3) is 5.91 Å². The number of hydrogen-bond acceptors (Lipinski definition) is 5. The van der Waals surface area contributed by atoms with Crippen molar-refractivity contribution < 1.29 is 14.3 Å². The summed E-state index contributed by atoms with van der Waals surface area (Å²) in [5, 5.41) is 1.96. The third kappa shape index (κ3) is 4.91. The van der Waals surface area contributed by atoms with Gasteiger partial charge in [0, 0.05) is 31.4 Å². The lowest BCUT2D eigenvalue weighted by Crippen LogP contribution is -2.38. The quantitative estimate of drug-likeness (QED) is 0.566. The first kappa shape index (κ1) is 23.0. The van der Waals surface area contributed by atoms with Gasteiger partial charge in [-0.05, 0) is 47.5 Å². The first-order valence-corrected chi connectivity index (χ1v) is 11.0. The first-order valence-electron chi connectivity index (χ1n) is 11.0. The van der Waals surface area contributed by atoms with Crippen molar-refractivity contribution in [3.8, 4) is 11.5 Å². The highest BCUT2D eigenvalue weighted by Gasteiger charge is 2.28. The van der Waals surface area contributed by atoms with Gasteiger partial charge in [0.05, 0.1) is 32.0 Å². The highest BCUT2D eigenvalue weighted by atomic mass is 16.5. The Morgan fingerprint density at radius 1 is 0.824 bits per heavy atom. The zero-order chi connectivity index (χ0) is 24.1. The number of amides is 1. The first-order chi connectivity index (χ1) is 16.5. The monoisotopic (exact) mass is 455 g/mol. The molecule has 174 valence electrons. The molecular formula is C28H29N3O3. The van der Waals surface area contributed by atoms with E-state index in [0.717, 1.165) is 39.5 Å². The molecule has 3 aromatic rings. The van der Waals surface area contributed by atoms with Crippen molar-refractivity contribution in [3.05, 3.63) is 107 Å². The lowest BCUT2D eigenvalue weighted by atomic mass is 9.91. The van der Waals surface area contributed by atoms with Crippen LogP contribution in [0, 0.1) is 0 Å². The molecule has 1 aliphatic rings. The molecule has 6 nitrogen and oxygen atoms in total. The van der Waals surface area contributed by atoms with Gasteiger partial charge < -0.3 is 14.4 Å². The fourth-order valence-corrected chi connectivity index (χ4v) is 3.88. The fourth-order valence-electron chi connectivity index (χ4n) is 3.88. The average Bonchev–Trinajstić information content (AvgIpc) is 2.88. The Labute approximate surface area is 200 Å². The summed E-state index contributed by atoms with van der Waals surface area (Å²) in [5.74, 6) is 1.46. The minimum atomic E-state index is -0.0728. The summed E-state index contributed by atoms with van der Waals surface area (Å²) in [7, 11) is 6.83. The SMILES string of the molecule is COc1ccc(C2=C(c3ccc(OC)cc3)C(C(=O)N(C)C)=CN(Cc3ccccc3)N2)cc1. The van der Waals surface area contributed by atoms with E-state index in [1.165, 1.54) is 0 Å². The molecule has 6 heteroatoms. The second kappa shape index (κ2) is 10.2. The summed E-state index contributed by atoms with van der Waals surface area (Å²) in [6.07, 6.45) is 1.89. The van der Waals surface area contributed by atoms with Crippen LogP contribution in [0.25, 0.3) is 11.3 Å². The van der Waals surface area contributed by atoms with Crippen LogP contribution in [0.1, 0.15) is 16.7 Å². The number of benzene rings is 3. The van der Waals surface area contributed by atoms with Crippen molar-refractivity contribution in [2.45, 2.75) is 6.54 Å². The molecule has 3 aromatic carbocycles. The average molecular weight is 456 g/mol. The lowest BCUT2D eigenvalue weighted by Gasteiger charge is -2.33. The maximum Gasteiger partial charge on any atom is 0.255 e. The molecule has 1 N–H and O–H groups in total. The Hall–Kier alpha value is -4.19. The molecule has 1 aliphatic heterocycles. The van der Waals surface area contributed by atoms with Crippen LogP contribution in [-0.4, -0.2) is 44.1 Å². The van der Waals surface area contributed by atoms with E-state index < -0.39 is 0 Å². The maximum absolute atomic E-state index is 13.4. The summed E-state index contributed by atoms with van der Waals surface area (Å²) in [4.78, 5) is 15.0. The maximum atomic E-state index is 13.4. The summed E-state index contributed by atoms with van der Waals surface area (Å²) < 4.78 is 10.7. The third-order valence-corrected chi connectivity index (χ3v) is 5.65. The molecular weight excluding hydrogens is 426 g/mol. The van der Waals surface area contributed by atoms with E-state index in [1.54, 1.807) is 33.2 Å². The van der Waals surface area contributed by atoms with Gasteiger partial charge >= 0.3 is 0 Å². The molecule has 0 radical (unpaired) electrons. The number of hydrogen-bond donors (Lipinski definition) is 1. The second-order valence-electron chi connectivity index (χ2n) is 8.17. The van der Waals surface area contributed by atoms with Crippen molar-refractivity contribution in [2.75, 3.05) is 28.3 Å². The molecule has 1 heterocycles. The van der Waals surface area contributed by atoms with E-state index in [1.807, 2.05) is 77.9 Å². The number of ether oxygens (including phenoxy) is 2. The molecule has 0 spiro atoms. The number of likely N-dealkylation sites (N-methyl/N-ethyl adjacent to an activating group) is 1. The van der Waals surface area contributed by atoms with E-state index in [0.29, 0.717) is 12.1 Å². The molecule has 0 fully saturated rings. The molecule has 1 amide bonds. The highest BCUT2D eigenvalue weighted by Crippen LogP contribution is 2.36. The zero-order valence-corrected chi connectivity index (χ0v) is 19.9. The molecule has 4 rings (SSSR count). The van der Waals surface area contributed by atoms with E-state index in [9.17, 15) is 4.79 Å². The van der Waals surface area contributed by atoms with E-state index in [-0.39, 0.29) is 5.91 Å². The summed E-state index contributed by atoms with van der Waals surface area (Å²) in [5.41, 5.74) is 8.82. The van der Waals surface area contributed by atoms with E-state index in [4.69, 9.17) is 9.47 Å². The Morgan fingerprint density at radius 3 is 1.91 bits per heavy atom. The molecule has 0 aliphatic carbocycles. The Balaban J connectivity index is 1.87. The van der Waals surface area contributed by atoms with E-state index >= 15 is 0 Å². The Kier molecular flexibility index (Phi) is 6.87. The predicted molar refractivity (Wildman–Crippen MR) is 135 cm³/mol. The number of carbonyl (C=O) groups is 1. The van der Waals surface area contributed by atoms with Gasteiger partial charge in [-0.3, -0.25) is 15.2 Å². The molecule has 0 atom stereocenters. The number of hydrazine groups is 1. The van der Waals surface area contributed by atoms with Crippen LogP contribution < -0.4 is 14.9 Å². The van der Waals surface area contributed by atoms with Gasteiger partial charge in [-0.15, -0.1) is 0 Å².